The van der Waals surface area contributed by atoms with Gasteiger partial charge in [0.2, 0.25) is 0 Å². The minimum atomic E-state index is -0.110. The Morgan fingerprint density at radius 3 is 2.71 bits per heavy atom. The van der Waals surface area contributed by atoms with Gasteiger partial charge in [-0.05, 0) is 60.8 Å². The Kier molecular flexibility index (Phi) is 4.57. The minimum Gasteiger partial charge on any atom is -0.484 e. The third-order valence-corrected chi connectivity index (χ3v) is 7.07. The van der Waals surface area contributed by atoms with Crippen molar-refractivity contribution in [3.05, 3.63) is 83.6 Å². The Morgan fingerprint density at radius 1 is 1.00 bits per heavy atom. The van der Waals surface area contributed by atoms with E-state index in [1.54, 1.807) is 6.20 Å². The Morgan fingerprint density at radius 2 is 1.84 bits per heavy atom. The van der Waals surface area contributed by atoms with Crippen LogP contribution in [0.25, 0.3) is 0 Å². The van der Waals surface area contributed by atoms with Gasteiger partial charge in [-0.2, -0.15) is 0 Å². The first-order valence-electron chi connectivity index (χ1n) is 11.2. The molecule has 0 saturated carbocycles. The molecule has 0 aliphatic carbocycles. The van der Waals surface area contributed by atoms with Gasteiger partial charge in [0, 0.05) is 30.4 Å². The summed E-state index contributed by atoms with van der Waals surface area (Å²) in [5.41, 5.74) is 5.65. The number of likely N-dealkylation sites (tertiary alicyclic amines) is 1. The summed E-state index contributed by atoms with van der Waals surface area (Å²) in [7, 11) is 0. The molecule has 1 saturated heterocycles. The number of nitrogens with zero attached hydrogens (tertiary/aromatic N) is 2. The highest BCUT2D eigenvalue weighted by Gasteiger charge is 2.41. The quantitative estimate of drug-likeness (QED) is 0.682. The fourth-order valence-corrected chi connectivity index (χ4v) is 5.21. The van der Waals surface area contributed by atoms with E-state index >= 15 is 0 Å². The highest BCUT2D eigenvalue weighted by atomic mass is 16.6. The molecule has 1 N–H and O–H groups in total. The number of nitrogens with one attached hydrogen (secondary N) is 1. The maximum absolute atomic E-state index is 6.04. The van der Waals surface area contributed by atoms with E-state index in [-0.39, 0.29) is 6.10 Å². The lowest BCUT2D eigenvalue weighted by Crippen LogP contribution is -2.43. The molecule has 4 heterocycles. The van der Waals surface area contributed by atoms with Crippen LogP contribution in [0.4, 0.5) is 5.69 Å². The van der Waals surface area contributed by atoms with Crippen LogP contribution in [0.2, 0.25) is 0 Å². The number of aromatic nitrogens is 1. The van der Waals surface area contributed by atoms with Gasteiger partial charge >= 0.3 is 0 Å². The van der Waals surface area contributed by atoms with Crippen LogP contribution >= 0.6 is 0 Å². The Bertz CT molecular complexity index is 1070. The molecular weight excluding hydrogens is 386 g/mol. The van der Waals surface area contributed by atoms with Gasteiger partial charge in [-0.1, -0.05) is 42.5 Å². The molecule has 0 bridgehead atoms. The second kappa shape index (κ2) is 7.57. The molecule has 158 valence electrons. The summed E-state index contributed by atoms with van der Waals surface area (Å²) in [4.78, 5) is 6.86. The van der Waals surface area contributed by atoms with Gasteiger partial charge in [0.05, 0.1) is 0 Å². The number of hydrogen-bond acceptors (Lipinski definition) is 5. The summed E-state index contributed by atoms with van der Waals surface area (Å²) in [6.07, 6.45) is 4.06. The molecule has 1 aromatic heterocycles. The molecule has 1 unspecified atom stereocenters. The lowest BCUT2D eigenvalue weighted by atomic mass is 9.74. The molecular formula is C26H27N3O2. The van der Waals surface area contributed by atoms with Crippen molar-refractivity contribution in [1.29, 1.82) is 0 Å². The number of piperidine rings is 1. The Hall–Kier alpha value is -3.05. The summed E-state index contributed by atoms with van der Waals surface area (Å²) in [5, 5.41) is 3.62. The first-order valence-corrected chi connectivity index (χ1v) is 11.2. The molecule has 1 atom stereocenters. The van der Waals surface area contributed by atoms with E-state index in [1.807, 2.05) is 12.1 Å². The minimum absolute atomic E-state index is 0.110. The topological polar surface area (TPSA) is 46.6 Å². The standard InChI is InChI=1S/C26H27N3O2/c1-2-5-22-21(4-1)26(18-28-22)11-14-29(15-12-26)16-19-7-9-20(10-8-19)24-17-30-23-6-3-13-27-25(23)31-24/h1-10,13,24,28H,11-12,14-18H2. The van der Waals surface area contributed by atoms with Crippen LogP contribution in [-0.2, 0) is 12.0 Å². The van der Waals surface area contributed by atoms with Gasteiger partial charge in [0.1, 0.15) is 6.61 Å². The Labute approximate surface area is 183 Å². The van der Waals surface area contributed by atoms with Crippen LogP contribution in [0, 0.1) is 0 Å². The monoisotopic (exact) mass is 413 g/mol. The van der Waals surface area contributed by atoms with Crippen LogP contribution in [-0.4, -0.2) is 36.1 Å². The molecule has 5 heteroatoms. The molecule has 6 rings (SSSR count). The van der Waals surface area contributed by atoms with Gasteiger partial charge in [0.25, 0.3) is 5.88 Å². The van der Waals surface area contributed by atoms with Crippen molar-refractivity contribution in [1.82, 2.24) is 9.88 Å². The summed E-state index contributed by atoms with van der Waals surface area (Å²) in [5.74, 6) is 1.30. The van der Waals surface area contributed by atoms with Gasteiger partial charge < -0.3 is 14.8 Å². The zero-order valence-electron chi connectivity index (χ0n) is 17.6. The summed E-state index contributed by atoms with van der Waals surface area (Å²) < 4.78 is 11.8. The zero-order chi connectivity index (χ0) is 20.7. The summed E-state index contributed by atoms with van der Waals surface area (Å²) in [6.45, 7) is 4.87. The highest BCUT2D eigenvalue weighted by Crippen LogP contribution is 2.44. The van der Waals surface area contributed by atoms with E-state index in [0.29, 0.717) is 17.9 Å². The third kappa shape index (κ3) is 3.43. The van der Waals surface area contributed by atoms with Crippen molar-refractivity contribution in [2.24, 2.45) is 0 Å². The number of ether oxygens (including phenoxy) is 2. The maximum atomic E-state index is 6.04. The molecule has 1 spiro atoms. The van der Waals surface area contributed by atoms with Crippen molar-refractivity contribution in [2.75, 3.05) is 31.6 Å². The van der Waals surface area contributed by atoms with Gasteiger partial charge in [-0.25, -0.2) is 4.98 Å². The molecule has 5 nitrogen and oxygen atoms in total. The van der Waals surface area contributed by atoms with Crippen LogP contribution in [0.3, 0.4) is 0 Å². The number of para-hydroxylation sites is 1. The molecule has 0 amide bonds. The van der Waals surface area contributed by atoms with E-state index in [0.717, 1.165) is 37.5 Å². The fraction of sp³-hybridized carbons (Fsp3) is 0.346. The predicted molar refractivity (Wildman–Crippen MR) is 121 cm³/mol. The largest absolute Gasteiger partial charge is 0.484 e. The van der Waals surface area contributed by atoms with E-state index in [1.165, 1.54) is 29.7 Å². The van der Waals surface area contributed by atoms with E-state index in [9.17, 15) is 0 Å². The second-order valence-corrected chi connectivity index (χ2v) is 8.92. The SMILES string of the molecule is c1ccc2c(c1)NCC21CCN(Cc2ccc(C3COc4cccnc4O3)cc2)CC1. The predicted octanol–water partition coefficient (Wildman–Crippen LogP) is 4.55. The van der Waals surface area contributed by atoms with Crippen molar-refractivity contribution in [2.45, 2.75) is 30.9 Å². The molecule has 31 heavy (non-hydrogen) atoms. The lowest BCUT2D eigenvalue weighted by Gasteiger charge is -2.39. The first-order chi connectivity index (χ1) is 15.3. The number of benzene rings is 2. The molecule has 3 aliphatic heterocycles. The molecule has 0 radical (unpaired) electrons. The maximum Gasteiger partial charge on any atom is 0.257 e. The first kappa shape index (κ1) is 18.7. The third-order valence-electron chi connectivity index (χ3n) is 7.07. The summed E-state index contributed by atoms with van der Waals surface area (Å²) >= 11 is 0. The van der Waals surface area contributed by atoms with Gasteiger partial charge in [0.15, 0.2) is 11.9 Å². The average molecular weight is 414 g/mol. The van der Waals surface area contributed by atoms with Crippen molar-refractivity contribution in [3.63, 3.8) is 0 Å². The lowest BCUT2D eigenvalue weighted by molar-refractivity contribution is 0.0850. The number of hydrogen-bond donors (Lipinski definition) is 1. The van der Waals surface area contributed by atoms with Crippen LogP contribution in [0.1, 0.15) is 35.6 Å². The number of rotatable bonds is 3. The molecule has 1 fully saturated rings. The number of anilines is 1. The average Bonchev–Trinajstić information content (AvgIpc) is 3.19. The van der Waals surface area contributed by atoms with Gasteiger partial charge in [-0.3, -0.25) is 4.90 Å². The van der Waals surface area contributed by atoms with Crippen LogP contribution < -0.4 is 14.8 Å². The van der Waals surface area contributed by atoms with E-state index in [2.05, 4.69) is 63.7 Å². The Balaban J connectivity index is 1.08. The van der Waals surface area contributed by atoms with Crippen LogP contribution in [0.5, 0.6) is 11.6 Å². The van der Waals surface area contributed by atoms with E-state index < -0.39 is 0 Å². The van der Waals surface area contributed by atoms with Gasteiger partial charge in [-0.15, -0.1) is 0 Å². The van der Waals surface area contributed by atoms with Crippen LogP contribution in [0.15, 0.2) is 66.9 Å². The second-order valence-electron chi connectivity index (χ2n) is 8.92. The number of pyridine rings is 1. The zero-order valence-corrected chi connectivity index (χ0v) is 17.6. The molecule has 3 aromatic rings. The molecule has 2 aromatic carbocycles. The number of fused-ring (bicyclic) bond motifs is 3. The van der Waals surface area contributed by atoms with E-state index in [4.69, 9.17) is 9.47 Å². The normalized spacial score (nSPS) is 21.5. The fourth-order valence-electron chi connectivity index (χ4n) is 5.21. The van der Waals surface area contributed by atoms with Crippen molar-refractivity contribution >= 4 is 5.69 Å². The van der Waals surface area contributed by atoms with Crippen molar-refractivity contribution in [3.8, 4) is 11.6 Å². The molecule has 3 aliphatic rings. The smallest absolute Gasteiger partial charge is 0.257 e. The summed E-state index contributed by atoms with van der Waals surface area (Å²) in [6, 6.07) is 21.4. The highest BCUT2D eigenvalue weighted by molar-refractivity contribution is 5.60. The van der Waals surface area contributed by atoms with Crippen molar-refractivity contribution < 1.29 is 9.47 Å².